The van der Waals surface area contributed by atoms with Gasteiger partial charge < -0.3 is 5.32 Å². The summed E-state index contributed by atoms with van der Waals surface area (Å²) < 4.78 is 1.76. The maximum absolute atomic E-state index is 13.2. The van der Waals surface area contributed by atoms with Crippen LogP contribution in [0.15, 0.2) is 91.0 Å². The number of nitrogens with zero attached hydrogens (tertiary/aromatic N) is 5. The highest BCUT2D eigenvalue weighted by molar-refractivity contribution is 5.97. The van der Waals surface area contributed by atoms with Crippen LogP contribution in [-0.4, -0.2) is 32.7 Å². The molecule has 7 heteroatoms. The first-order chi connectivity index (χ1) is 16.2. The largest absolute Gasteiger partial charge is 0.324 e. The van der Waals surface area contributed by atoms with Gasteiger partial charge in [0, 0.05) is 5.69 Å². The van der Waals surface area contributed by atoms with Crippen LogP contribution in [0.1, 0.15) is 29.7 Å². The van der Waals surface area contributed by atoms with E-state index in [1.54, 1.807) is 4.68 Å². The predicted molar refractivity (Wildman–Crippen MR) is 129 cm³/mol. The molecule has 1 N–H and O–H groups in total. The van der Waals surface area contributed by atoms with Gasteiger partial charge in [0.2, 0.25) is 5.91 Å². The summed E-state index contributed by atoms with van der Waals surface area (Å²) in [5.41, 5.74) is 4.88. The van der Waals surface area contributed by atoms with E-state index in [-0.39, 0.29) is 18.5 Å². The number of allylic oxidation sites excluding steroid dienone is 1. The third kappa shape index (κ3) is 4.13. The quantitative estimate of drug-likeness (QED) is 0.487. The number of hydrogen-bond donors (Lipinski definition) is 1. The molecule has 4 aromatic rings. The fourth-order valence-electron chi connectivity index (χ4n) is 4.15. The van der Waals surface area contributed by atoms with Crippen molar-refractivity contribution in [3.63, 3.8) is 0 Å². The molecule has 0 unspecified atom stereocenters. The molecule has 0 spiro atoms. The second-order valence-corrected chi connectivity index (χ2v) is 7.84. The summed E-state index contributed by atoms with van der Waals surface area (Å²) in [7, 11) is 0. The molecule has 0 bridgehead atoms. The van der Waals surface area contributed by atoms with Crippen molar-refractivity contribution in [1.82, 2.24) is 20.2 Å². The SMILES string of the molecule is CCc1ccccc1NC(=O)CN1C(c2ccccc2)=C[C@H](c2ccccc2)n2nnnc21. The molecule has 0 saturated carbocycles. The third-order valence-electron chi connectivity index (χ3n) is 5.77. The average molecular weight is 437 g/mol. The molecule has 2 heterocycles. The van der Waals surface area contributed by atoms with Gasteiger partial charge in [0.1, 0.15) is 12.6 Å². The molecule has 33 heavy (non-hydrogen) atoms. The summed E-state index contributed by atoms with van der Waals surface area (Å²) in [5, 5.41) is 15.5. The number of carbonyl (C=O) groups excluding carboxylic acids is 1. The zero-order valence-corrected chi connectivity index (χ0v) is 18.3. The van der Waals surface area contributed by atoms with Crippen molar-refractivity contribution < 1.29 is 4.79 Å². The summed E-state index contributed by atoms with van der Waals surface area (Å²) in [5.74, 6) is 0.398. The first-order valence-corrected chi connectivity index (χ1v) is 11.0. The Hall–Kier alpha value is -4.26. The van der Waals surface area contributed by atoms with Gasteiger partial charge in [-0.3, -0.25) is 9.69 Å². The third-order valence-corrected chi connectivity index (χ3v) is 5.77. The zero-order chi connectivity index (χ0) is 22.6. The lowest BCUT2D eigenvalue weighted by Gasteiger charge is -2.32. The van der Waals surface area contributed by atoms with E-state index in [9.17, 15) is 4.79 Å². The molecule has 1 atom stereocenters. The van der Waals surface area contributed by atoms with Gasteiger partial charge in [-0.2, -0.15) is 4.68 Å². The van der Waals surface area contributed by atoms with Gasteiger partial charge >= 0.3 is 0 Å². The number of aromatic nitrogens is 4. The van der Waals surface area contributed by atoms with Crippen molar-refractivity contribution in [2.24, 2.45) is 0 Å². The Kier molecular flexibility index (Phi) is 5.68. The Morgan fingerprint density at radius 1 is 0.939 bits per heavy atom. The first kappa shape index (κ1) is 20.6. The maximum Gasteiger partial charge on any atom is 0.251 e. The second-order valence-electron chi connectivity index (χ2n) is 7.84. The molecule has 1 aromatic heterocycles. The summed E-state index contributed by atoms with van der Waals surface area (Å²) >= 11 is 0. The standard InChI is InChI=1S/C26H24N6O/c1-2-19-11-9-10-16-22(19)27-25(33)18-31-23(20-12-5-3-6-13-20)17-24(21-14-7-4-8-15-21)32-26(31)28-29-30-32/h3-17,24H,2,18H2,1H3,(H,27,33)/t24-/m1/s1. The highest BCUT2D eigenvalue weighted by atomic mass is 16.2. The molecular weight excluding hydrogens is 412 g/mol. The number of para-hydroxylation sites is 1. The monoisotopic (exact) mass is 436 g/mol. The van der Waals surface area contributed by atoms with E-state index >= 15 is 0 Å². The number of anilines is 2. The minimum absolute atomic E-state index is 0.0840. The van der Waals surface area contributed by atoms with Gasteiger partial charge in [-0.1, -0.05) is 90.9 Å². The fraction of sp³-hybridized carbons (Fsp3) is 0.154. The number of nitrogens with one attached hydrogen (secondary N) is 1. The van der Waals surface area contributed by atoms with Crippen LogP contribution in [-0.2, 0) is 11.2 Å². The number of fused-ring (bicyclic) bond motifs is 1. The molecule has 1 amide bonds. The van der Waals surface area contributed by atoms with Crippen LogP contribution in [0, 0.1) is 0 Å². The van der Waals surface area contributed by atoms with Crippen molar-refractivity contribution in [2.45, 2.75) is 19.4 Å². The number of tetrazole rings is 1. The van der Waals surface area contributed by atoms with E-state index in [0.717, 1.165) is 34.5 Å². The normalized spacial score (nSPS) is 15.0. The van der Waals surface area contributed by atoms with Gasteiger partial charge in [0.05, 0.1) is 5.70 Å². The van der Waals surface area contributed by atoms with Crippen LogP contribution < -0.4 is 10.2 Å². The number of aryl methyl sites for hydroxylation is 1. The lowest BCUT2D eigenvalue weighted by atomic mass is 10.0. The summed E-state index contributed by atoms with van der Waals surface area (Å²) in [6.07, 6.45) is 2.95. The van der Waals surface area contributed by atoms with E-state index in [1.807, 2.05) is 77.7 Å². The lowest BCUT2D eigenvalue weighted by molar-refractivity contribution is -0.114. The van der Waals surface area contributed by atoms with Gasteiger partial charge in [-0.15, -0.1) is 0 Å². The molecule has 1 aliphatic rings. The highest BCUT2D eigenvalue weighted by Crippen LogP contribution is 2.36. The van der Waals surface area contributed by atoms with Gasteiger partial charge in [0.25, 0.3) is 5.95 Å². The number of carbonyl (C=O) groups is 1. The summed E-state index contributed by atoms with van der Waals surface area (Å²) in [4.78, 5) is 15.0. The average Bonchev–Trinajstić information content (AvgIpc) is 3.36. The molecule has 5 rings (SSSR count). The van der Waals surface area contributed by atoms with Crippen LogP contribution in [0.2, 0.25) is 0 Å². The number of benzene rings is 3. The van der Waals surface area contributed by atoms with E-state index in [1.165, 1.54) is 0 Å². The van der Waals surface area contributed by atoms with Crippen LogP contribution in [0.4, 0.5) is 11.6 Å². The number of hydrogen-bond acceptors (Lipinski definition) is 5. The highest BCUT2D eigenvalue weighted by Gasteiger charge is 2.31. The zero-order valence-electron chi connectivity index (χ0n) is 18.3. The Morgan fingerprint density at radius 3 is 2.39 bits per heavy atom. The first-order valence-electron chi connectivity index (χ1n) is 11.0. The van der Waals surface area contributed by atoms with Gasteiger partial charge in [0.15, 0.2) is 0 Å². The summed E-state index contributed by atoms with van der Waals surface area (Å²) in [6, 6.07) is 27.8. The molecule has 164 valence electrons. The minimum Gasteiger partial charge on any atom is -0.324 e. The Labute approximate surface area is 192 Å². The molecule has 7 nitrogen and oxygen atoms in total. The molecule has 0 saturated heterocycles. The molecule has 0 radical (unpaired) electrons. The minimum atomic E-state index is -0.175. The number of rotatable bonds is 6. The van der Waals surface area contributed by atoms with Crippen LogP contribution in [0.25, 0.3) is 5.70 Å². The van der Waals surface area contributed by atoms with Crippen molar-refractivity contribution in [1.29, 1.82) is 0 Å². The maximum atomic E-state index is 13.2. The Morgan fingerprint density at radius 2 is 1.64 bits per heavy atom. The lowest BCUT2D eigenvalue weighted by Crippen LogP contribution is -2.37. The smallest absolute Gasteiger partial charge is 0.251 e. The Bertz CT molecular complexity index is 1280. The van der Waals surface area contributed by atoms with Crippen LogP contribution >= 0.6 is 0 Å². The second kappa shape index (κ2) is 9.08. The topological polar surface area (TPSA) is 75.9 Å². The van der Waals surface area contributed by atoms with Gasteiger partial charge in [-0.25, -0.2) is 0 Å². The molecule has 3 aromatic carbocycles. The molecule has 0 fully saturated rings. The summed E-state index contributed by atoms with van der Waals surface area (Å²) in [6.45, 7) is 2.16. The van der Waals surface area contributed by atoms with E-state index in [2.05, 4.69) is 46.0 Å². The van der Waals surface area contributed by atoms with E-state index in [4.69, 9.17) is 0 Å². The predicted octanol–water partition coefficient (Wildman–Crippen LogP) is 4.32. The molecular formula is C26H24N6O. The van der Waals surface area contributed by atoms with Gasteiger partial charge in [-0.05, 0) is 45.7 Å². The number of amides is 1. The van der Waals surface area contributed by atoms with Crippen LogP contribution in [0.3, 0.4) is 0 Å². The Balaban J connectivity index is 1.52. The van der Waals surface area contributed by atoms with E-state index in [0.29, 0.717) is 5.95 Å². The molecule has 1 aliphatic heterocycles. The van der Waals surface area contributed by atoms with Crippen molar-refractivity contribution in [3.8, 4) is 0 Å². The fourth-order valence-corrected chi connectivity index (χ4v) is 4.15. The van der Waals surface area contributed by atoms with E-state index < -0.39 is 0 Å². The van der Waals surface area contributed by atoms with Crippen molar-refractivity contribution in [2.75, 3.05) is 16.8 Å². The molecule has 0 aliphatic carbocycles. The van der Waals surface area contributed by atoms with Crippen LogP contribution in [0.5, 0.6) is 0 Å². The van der Waals surface area contributed by atoms with Crippen molar-refractivity contribution in [3.05, 3.63) is 108 Å². The van der Waals surface area contributed by atoms with Crippen molar-refractivity contribution >= 4 is 23.2 Å².